The largest absolute Gasteiger partial charge is 0.505 e. The Hall–Kier alpha value is -1.32. The minimum absolute atomic E-state index is 0.0432. The van der Waals surface area contributed by atoms with Crippen molar-refractivity contribution < 1.29 is 14.3 Å². The number of rotatable bonds is 5. The van der Waals surface area contributed by atoms with E-state index >= 15 is 0 Å². The lowest BCUT2D eigenvalue weighted by molar-refractivity contribution is -0.133. The summed E-state index contributed by atoms with van der Waals surface area (Å²) < 4.78 is 9.14. The van der Waals surface area contributed by atoms with Crippen LogP contribution in [-0.2, 0) is 14.3 Å². The van der Waals surface area contributed by atoms with Gasteiger partial charge in [0.05, 0.1) is 20.5 Å². The fourth-order valence-electron chi connectivity index (χ4n) is 0.871. The maximum atomic E-state index is 11.0. The molecule has 0 aliphatic carbocycles. The van der Waals surface area contributed by atoms with E-state index in [-0.39, 0.29) is 11.6 Å². The molecule has 0 saturated heterocycles. The molecule has 1 unspecified atom stereocenters. The average Bonchev–Trinajstić information content (AvgIpc) is 2.17. The molecule has 0 aromatic rings. The Kier molecular flexibility index (Phi) is 5.59. The number of ether oxygens (including phenoxy) is 2. The van der Waals surface area contributed by atoms with Crippen LogP contribution in [-0.4, -0.2) is 25.9 Å². The first-order chi connectivity index (χ1) is 6.17. The molecule has 0 aromatic heterocycles. The Morgan fingerprint density at radius 2 is 2.15 bits per heavy atom. The van der Waals surface area contributed by atoms with Gasteiger partial charge in [-0.2, -0.15) is 0 Å². The number of esters is 1. The van der Waals surface area contributed by atoms with Crippen LogP contribution in [0.1, 0.15) is 13.3 Å². The molecule has 0 amide bonds. The molecular formula is C9H15NO3. The Labute approximate surface area is 78.0 Å². The Bertz CT molecular complexity index is 211. The molecule has 0 bridgehead atoms. The molecule has 4 nitrogen and oxygen atoms in total. The van der Waals surface area contributed by atoms with Gasteiger partial charge in [0.2, 0.25) is 0 Å². The Morgan fingerprint density at radius 1 is 1.54 bits per heavy atom. The molecule has 0 fully saturated rings. The van der Waals surface area contributed by atoms with Gasteiger partial charge in [0.1, 0.15) is 5.71 Å². The van der Waals surface area contributed by atoms with Gasteiger partial charge in [-0.15, -0.1) is 0 Å². The summed E-state index contributed by atoms with van der Waals surface area (Å²) >= 11 is 0. The topological polar surface area (TPSA) is 59.4 Å². The van der Waals surface area contributed by atoms with Crippen LogP contribution in [0.4, 0.5) is 0 Å². The second kappa shape index (κ2) is 6.22. The molecule has 1 N–H and O–H groups in total. The maximum absolute atomic E-state index is 11.0. The number of carbonyl (C=O) groups is 1. The van der Waals surface area contributed by atoms with E-state index < -0.39 is 5.97 Å². The molecule has 0 spiro atoms. The summed E-state index contributed by atoms with van der Waals surface area (Å²) in [5.74, 6) is -0.819. The summed E-state index contributed by atoms with van der Waals surface area (Å²) in [6.07, 6.45) is 3.80. The number of carbonyl (C=O) groups excluding carboxylic acids is 1. The summed E-state index contributed by atoms with van der Waals surface area (Å²) in [5, 5.41) is 7.45. The minimum Gasteiger partial charge on any atom is -0.505 e. The second-order valence-electron chi connectivity index (χ2n) is 2.48. The van der Waals surface area contributed by atoms with Gasteiger partial charge in [0, 0.05) is 5.92 Å². The molecule has 0 heterocycles. The van der Waals surface area contributed by atoms with E-state index in [0.29, 0.717) is 6.42 Å². The van der Waals surface area contributed by atoms with E-state index in [9.17, 15) is 4.79 Å². The van der Waals surface area contributed by atoms with E-state index in [1.807, 2.05) is 6.92 Å². The summed E-state index contributed by atoms with van der Waals surface area (Å²) in [6.45, 7) is 1.89. The molecule has 0 rings (SSSR count). The van der Waals surface area contributed by atoms with Gasteiger partial charge in [-0.1, -0.05) is 6.92 Å². The molecule has 0 radical (unpaired) electrons. The van der Waals surface area contributed by atoms with E-state index in [4.69, 9.17) is 10.1 Å². The zero-order valence-corrected chi connectivity index (χ0v) is 8.16. The van der Waals surface area contributed by atoms with E-state index in [1.54, 1.807) is 6.08 Å². The number of allylic oxidation sites excluding steroid dienone is 1. The van der Waals surface area contributed by atoms with Crippen molar-refractivity contribution in [3.8, 4) is 0 Å². The van der Waals surface area contributed by atoms with Crippen molar-refractivity contribution in [1.29, 1.82) is 5.41 Å². The third kappa shape index (κ3) is 3.73. The van der Waals surface area contributed by atoms with Crippen LogP contribution < -0.4 is 0 Å². The summed E-state index contributed by atoms with van der Waals surface area (Å²) in [4.78, 5) is 11.0. The highest BCUT2D eigenvalue weighted by Crippen LogP contribution is 2.07. The van der Waals surface area contributed by atoms with Crippen molar-refractivity contribution in [2.75, 3.05) is 14.2 Å². The van der Waals surface area contributed by atoms with Crippen molar-refractivity contribution in [2.24, 2.45) is 5.92 Å². The first-order valence-corrected chi connectivity index (χ1v) is 4.03. The molecule has 4 heteroatoms. The molecule has 1 atom stereocenters. The number of hydrogen-bond acceptors (Lipinski definition) is 4. The van der Waals surface area contributed by atoms with E-state index in [0.717, 1.165) is 0 Å². The minimum atomic E-state index is -0.590. The molecule has 13 heavy (non-hydrogen) atoms. The fourth-order valence-corrected chi connectivity index (χ4v) is 0.871. The number of methoxy groups -OCH3 is 2. The number of hydrogen-bond donors (Lipinski definition) is 1. The first kappa shape index (κ1) is 11.7. The van der Waals surface area contributed by atoms with Crippen LogP contribution in [0, 0.1) is 11.3 Å². The standard InChI is InChI=1S/C9H15NO3/c1-4-7(5-6-12-2)8(10)9(11)13-3/h5-7,10H,4H2,1-3H3/b6-5-,10-8?. The SMILES string of the molecule is CCC(/C=C\OC)C(=N)C(=O)OC. The maximum Gasteiger partial charge on any atom is 0.352 e. The number of nitrogens with one attached hydrogen (secondary N) is 1. The Balaban J connectivity index is 4.31. The summed E-state index contributed by atoms with van der Waals surface area (Å²) in [6, 6.07) is 0. The fraction of sp³-hybridized carbons (Fsp3) is 0.556. The van der Waals surface area contributed by atoms with E-state index in [1.165, 1.54) is 20.5 Å². The zero-order valence-electron chi connectivity index (χ0n) is 8.16. The lowest BCUT2D eigenvalue weighted by Crippen LogP contribution is -2.22. The van der Waals surface area contributed by atoms with Crippen LogP contribution in [0.5, 0.6) is 0 Å². The first-order valence-electron chi connectivity index (χ1n) is 4.03. The van der Waals surface area contributed by atoms with Gasteiger partial charge in [-0.05, 0) is 12.5 Å². The third-order valence-corrected chi connectivity index (χ3v) is 1.66. The molecule has 0 aliphatic rings. The van der Waals surface area contributed by atoms with E-state index in [2.05, 4.69) is 4.74 Å². The van der Waals surface area contributed by atoms with Crippen molar-refractivity contribution in [3.05, 3.63) is 12.3 Å². The smallest absolute Gasteiger partial charge is 0.352 e. The quantitative estimate of drug-likeness (QED) is 0.399. The predicted molar refractivity (Wildman–Crippen MR) is 49.7 cm³/mol. The van der Waals surface area contributed by atoms with Gasteiger partial charge in [-0.25, -0.2) is 4.79 Å². The van der Waals surface area contributed by atoms with Gasteiger partial charge in [-0.3, -0.25) is 5.41 Å². The lowest BCUT2D eigenvalue weighted by atomic mass is 10.0. The Morgan fingerprint density at radius 3 is 2.54 bits per heavy atom. The molecule has 74 valence electrons. The van der Waals surface area contributed by atoms with Crippen molar-refractivity contribution >= 4 is 11.7 Å². The average molecular weight is 185 g/mol. The van der Waals surface area contributed by atoms with Gasteiger partial charge in [0.25, 0.3) is 0 Å². The predicted octanol–water partition coefficient (Wildman–Crippen LogP) is 1.37. The monoisotopic (exact) mass is 185 g/mol. The summed E-state index contributed by atoms with van der Waals surface area (Å²) in [7, 11) is 2.79. The zero-order chi connectivity index (χ0) is 10.3. The van der Waals surface area contributed by atoms with Gasteiger partial charge < -0.3 is 9.47 Å². The van der Waals surface area contributed by atoms with Crippen LogP contribution in [0.15, 0.2) is 12.3 Å². The molecule has 0 aliphatic heterocycles. The van der Waals surface area contributed by atoms with Crippen LogP contribution >= 0.6 is 0 Å². The molecule has 0 aromatic carbocycles. The van der Waals surface area contributed by atoms with Crippen molar-refractivity contribution in [3.63, 3.8) is 0 Å². The van der Waals surface area contributed by atoms with Crippen molar-refractivity contribution in [2.45, 2.75) is 13.3 Å². The van der Waals surface area contributed by atoms with Gasteiger partial charge >= 0.3 is 5.97 Å². The summed E-state index contributed by atoms with van der Waals surface area (Å²) in [5.41, 5.74) is -0.0432. The van der Waals surface area contributed by atoms with Crippen LogP contribution in [0.3, 0.4) is 0 Å². The molecule has 0 saturated carbocycles. The van der Waals surface area contributed by atoms with Gasteiger partial charge in [0.15, 0.2) is 0 Å². The normalized spacial score (nSPS) is 12.5. The van der Waals surface area contributed by atoms with Crippen LogP contribution in [0.25, 0.3) is 0 Å². The lowest BCUT2D eigenvalue weighted by Gasteiger charge is -2.08. The molecular weight excluding hydrogens is 170 g/mol. The van der Waals surface area contributed by atoms with Crippen LogP contribution in [0.2, 0.25) is 0 Å². The highest BCUT2D eigenvalue weighted by atomic mass is 16.5. The highest BCUT2D eigenvalue weighted by Gasteiger charge is 2.17. The van der Waals surface area contributed by atoms with Crippen molar-refractivity contribution in [1.82, 2.24) is 0 Å². The third-order valence-electron chi connectivity index (χ3n) is 1.66. The second-order valence-corrected chi connectivity index (χ2v) is 2.48. The highest BCUT2D eigenvalue weighted by molar-refractivity contribution is 6.36.